The number of rotatable bonds is 5. The van der Waals surface area contributed by atoms with Crippen LogP contribution in [0.1, 0.15) is 5.56 Å². The molecule has 30 heavy (non-hydrogen) atoms. The molecule has 1 N–H and O–H groups in total. The predicted molar refractivity (Wildman–Crippen MR) is 126 cm³/mol. The predicted octanol–water partition coefficient (Wildman–Crippen LogP) is 6.56. The van der Waals surface area contributed by atoms with Crippen LogP contribution in [0.2, 0.25) is 5.02 Å². The van der Waals surface area contributed by atoms with Gasteiger partial charge in [-0.1, -0.05) is 48.0 Å². The van der Waals surface area contributed by atoms with Gasteiger partial charge in [0, 0.05) is 24.7 Å². The quantitative estimate of drug-likeness (QED) is 0.370. The first-order valence-corrected chi connectivity index (χ1v) is 13.5. The van der Waals surface area contributed by atoms with Gasteiger partial charge in [-0.15, -0.1) is 0 Å². The van der Waals surface area contributed by atoms with Gasteiger partial charge in [-0.05, 0) is 52.3 Å². The minimum absolute atomic E-state index is 0.0456. The zero-order valence-electron chi connectivity index (χ0n) is 15.5. The molecule has 0 aromatic heterocycles. The van der Waals surface area contributed by atoms with E-state index in [0.717, 1.165) is 10.6 Å². The summed E-state index contributed by atoms with van der Waals surface area (Å²) in [5, 5.41) is 4.33. The van der Waals surface area contributed by atoms with Crippen LogP contribution in [0.4, 0.5) is 18.9 Å². The van der Waals surface area contributed by atoms with Crippen molar-refractivity contribution < 1.29 is 18.0 Å². The molecule has 0 saturated heterocycles. The van der Waals surface area contributed by atoms with E-state index in [-0.39, 0.29) is 10.7 Å². The molecule has 1 atom stereocenters. The maximum atomic E-state index is 12.9. The lowest BCUT2D eigenvalue weighted by Gasteiger charge is -2.24. The summed E-state index contributed by atoms with van der Waals surface area (Å²) in [6.45, 7) is -2.12. The minimum atomic E-state index is -5.00. The molecule has 156 valence electrons. The topological polar surface area (TPSA) is 29.1 Å². The third-order valence-electron chi connectivity index (χ3n) is 4.51. The van der Waals surface area contributed by atoms with E-state index in [1.807, 2.05) is 66.0 Å². The highest BCUT2D eigenvalue weighted by atomic mass is 79.9. The third-order valence-corrected chi connectivity index (χ3v) is 11.3. The second-order valence-corrected chi connectivity index (χ2v) is 13.6. The van der Waals surface area contributed by atoms with Gasteiger partial charge in [0.05, 0.1) is 18.1 Å². The number of amides is 1. The summed E-state index contributed by atoms with van der Waals surface area (Å²) >= 11 is 9.46. The van der Waals surface area contributed by atoms with E-state index in [1.54, 1.807) is 6.07 Å². The molecule has 0 bridgehead atoms. The maximum absolute atomic E-state index is 12.9. The van der Waals surface area contributed by atoms with Crippen molar-refractivity contribution in [3.8, 4) is 0 Å². The summed E-state index contributed by atoms with van der Waals surface area (Å²) in [7, 11) is 2.94. The SMILES string of the molecule is O=C(Nc1cc(Cl)c(Br)cc1C[P+](P)(c1ccccc1)c1ccccc1)C(F)(F)F. The highest BCUT2D eigenvalue weighted by molar-refractivity contribution is 9.10. The van der Waals surface area contributed by atoms with Crippen LogP contribution >= 0.6 is 43.4 Å². The number of halogens is 5. The summed E-state index contributed by atoms with van der Waals surface area (Å²) in [6.07, 6.45) is -4.59. The summed E-state index contributed by atoms with van der Waals surface area (Å²) in [5.74, 6) is -2.03. The van der Waals surface area contributed by atoms with Crippen molar-refractivity contribution in [2.75, 3.05) is 5.32 Å². The molecule has 0 saturated carbocycles. The minimum Gasteiger partial charge on any atom is -0.318 e. The monoisotopic (exact) mass is 532 g/mol. The molecule has 1 unspecified atom stereocenters. The third kappa shape index (κ3) is 5.23. The number of carbonyl (C=O) groups is 1. The summed E-state index contributed by atoms with van der Waals surface area (Å²) in [4.78, 5) is 11.6. The Morgan fingerprint density at radius 1 is 1.00 bits per heavy atom. The highest BCUT2D eigenvalue weighted by Gasteiger charge is 2.41. The van der Waals surface area contributed by atoms with E-state index in [4.69, 9.17) is 11.6 Å². The van der Waals surface area contributed by atoms with Crippen LogP contribution < -0.4 is 15.9 Å². The Labute approximate surface area is 188 Å². The van der Waals surface area contributed by atoms with Gasteiger partial charge in [-0.25, -0.2) is 0 Å². The first-order valence-electron chi connectivity index (χ1n) is 8.75. The van der Waals surface area contributed by atoms with Crippen molar-refractivity contribution in [1.82, 2.24) is 0 Å². The molecular formula is C21H17BrClF3NOP2+. The van der Waals surface area contributed by atoms with Gasteiger partial charge in [0.2, 0.25) is 0 Å². The average molecular weight is 534 g/mol. The van der Waals surface area contributed by atoms with E-state index in [1.165, 1.54) is 6.07 Å². The Morgan fingerprint density at radius 3 is 1.97 bits per heavy atom. The van der Waals surface area contributed by atoms with Crippen LogP contribution in [-0.4, -0.2) is 12.1 Å². The number of hydrogen-bond donors (Lipinski definition) is 1. The molecule has 0 aliphatic rings. The first-order chi connectivity index (χ1) is 14.1. The molecule has 0 aliphatic heterocycles. The molecule has 1 amide bonds. The largest absolute Gasteiger partial charge is 0.471 e. The van der Waals surface area contributed by atoms with E-state index in [0.29, 0.717) is 16.2 Å². The fraction of sp³-hybridized carbons (Fsp3) is 0.0952. The van der Waals surface area contributed by atoms with Gasteiger partial charge < -0.3 is 5.32 Å². The Hall–Kier alpha value is -1.45. The van der Waals surface area contributed by atoms with Crippen LogP contribution in [-0.2, 0) is 11.0 Å². The normalized spacial score (nSPS) is 11.9. The lowest BCUT2D eigenvalue weighted by atomic mass is 10.2. The molecule has 0 radical (unpaired) electrons. The lowest BCUT2D eigenvalue weighted by molar-refractivity contribution is -0.167. The zero-order chi connectivity index (χ0) is 21.9. The molecule has 9 heteroatoms. The van der Waals surface area contributed by atoms with Crippen LogP contribution in [0.25, 0.3) is 0 Å². The summed E-state index contributed by atoms with van der Waals surface area (Å²) < 4.78 is 39.1. The van der Waals surface area contributed by atoms with Crippen molar-refractivity contribution in [1.29, 1.82) is 0 Å². The van der Waals surface area contributed by atoms with E-state index in [2.05, 4.69) is 24.9 Å². The molecule has 0 spiro atoms. The van der Waals surface area contributed by atoms with Gasteiger partial charge in [0.1, 0.15) is 10.6 Å². The molecule has 0 fully saturated rings. The second-order valence-electron chi connectivity index (χ2n) is 6.57. The smallest absolute Gasteiger partial charge is 0.318 e. The molecular weight excluding hydrogens is 517 g/mol. The number of benzene rings is 3. The van der Waals surface area contributed by atoms with E-state index < -0.39 is 19.0 Å². The van der Waals surface area contributed by atoms with Crippen LogP contribution in [0.3, 0.4) is 0 Å². The number of anilines is 1. The number of alkyl halides is 3. The molecule has 3 rings (SSSR count). The van der Waals surface area contributed by atoms with Crippen molar-refractivity contribution in [3.63, 3.8) is 0 Å². The van der Waals surface area contributed by atoms with Crippen molar-refractivity contribution in [3.05, 3.63) is 87.9 Å². The lowest BCUT2D eigenvalue weighted by Crippen LogP contribution is -2.30. The van der Waals surface area contributed by atoms with Gasteiger partial charge >= 0.3 is 12.1 Å². The van der Waals surface area contributed by atoms with Crippen LogP contribution in [0.5, 0.6) is 0 Å². The van der Waals surface area contributed by atoms with Crippen molar-refractivity contribution in [2.24, 2.45) is 0 Å². The highest BCUT2D eigenvalue weighted by Crippen LogP contribution is 2.67. The van der Waals surface area contributed by atoms with Crippen LogP contribution in [0.15, 0.2) is 77.3 Å². The molecule has 3 aromatic rings. The Morgan fingerprint density at radius 2 is 1.50 bits per heavy atom. The first kappa shape index (κ1) is 23.2. The fourth-order valence-corrected chi connectivity index (χ4v) is 8.06. The number of nitrogens with one attached hydrogen (secondary N) is 1. The van der Waals surface area contributed by atoms with Crippen LogP contribution in [0, 0.1) is 0 Å². The summed E-state index contributed by atoms with van der Waals surface area (Å²) in [6, 6.07) is 22.6. The van der Waals surface area contributed by atoms with E-state index >= 15 is 0 Å². The number of hydrogen-bond acceptors (Lipinski definition) is 1. The standard InChI is InChI=1S/C21H16BrClF3NOP2/c22-17-11-14(19(12-18(17)23)27-20(28)21(24,25)26)13-30(29,15-7-3-1-4-8-15)16-9-5-2-6-10-16/h1-12H,13,29H2/p+1. The average Bonchev–Trinajstić information content (AvgIpc) is 2.72. The molecule has 3 aromatic carbocycles. The molecule has 2 nitrogen and oxygen atoms in total. The summed E-state index contributed by atoms with van der Waals surface area (Å²) in [5.41, 5.74) is 0.601. The van der Waals surface area contributed by atoms with Gasteiger partial charge in [0.25, 0.3) is 0 Å². The van der Waals surface area contributed by atoms with E-state index in [9.17, 15) is 18.0 Å². The van der Waals surface area contributed by atoms with Crippen molar-refractivity contribution in [2.45, 2.75) is 12.3 Å². The molecule has 0 heterocycles. The van der Waals surface area contributed by atoms with Crippen molar-refractivity contribution >= 4 is 65.6 Å². The second kappa shape index (κ2) is 9.36. The van der Waals surface area contributed by atoms with Gasteiger partial charge in [-0.2, -0.15) is 13.2 Å². The van der Waals surface area contributed by atoms with Gasteiger partial charge in [-0.3, -0.25) is 4.79 Å². The zero-order valence-corrected chi connectivity index (χ0v) is 19.8. The van der Waals surface area contributed by atoms with Gasteiger partial charge in [0.15, 0.2) is 0 Å². The Bertz CT molecular complexity index is 1010. The maximum Gasteiger partial charge on any atom is 0.471 e. The fourth-order valence-electron chi connectivity index (χ4n) is 3.02. The Kier molecular flexibility index (Phi) is 7.24. The number of carbonyl (C=O) groups excluding carboxylic acids is 1. The molecule has 0 aliphatic carbocycles. The Balaban J connectivity index is 2.11.